The van der Waals surface area contributed by atoms with Gasteiger partial charge in [-0.25, -0.2) is 0 Å². The molecule has 0 bridgehead atoms. The molecule has 3 aromatic rings. The van der Waals surface area contributed by atoms with Crippen molar-refractivity contribution < 1.29 is 9.47 Å². The molecule has 2 heteroatoms. The van der Waals surface area contributed by atoms with Crippen LogP contribution >= 0.6 is 0 Å². The van der Waals surface area contributed by atoms with E-state index in [0.29, 0.717) is 0 Å². The zero-order chi connectivity index (χ0) is 18.1. The molecule has 1 aliphatic carbocycles. The van der Waals surface area contributed by atoms with Gasteiger partial charge in [0, 0.05) is 0 Å². The molecule has 130 valence electrons. The summed E-state index contributed by atoms with van der Waals surface area (Å²) in [7, 11) is 3.43. The van der Waals surface area contributed by atoms with Crippen LogP contribution in [-0.2, 0) is 6.42 Å². The van der Waals surface area contributed by atoms with Gasteiger partial charge in [-0.15, -0.1) is 0 Å². The van der Waals surface area contributed by atoms with E-state index < -0.39 is 0 Å². The van der Waals surface area contributed by atoms with Crippen molar-refractivity contribution in [3.63, 3.8) is 0 Å². The first-order chi connectivity index (χ1) is 12.7. The number of fused-ring (bicyclic) bond motifs is 1. The molecular weight excluding hydrogens is 320 g/mol. The van der Waals surface area contributed by atoms with E-state index in [1.807, 2.05) is 12.1 Å². The Hall–Kier alpha value is -3.00. The van der Waals surface area contributed by atoms with Crippen molar-refractivity contribution in [2.24, 2.45) is 0 Å². The van der Waals surface area contributed by atoms with Crippen LogP contribution in [0.1, 0.15) is 27.8 Å². The Labute approximate surface area is 154 Å². The van der Waals surface area contributed by atoms with Gasteiger partial charge >= 0.3 is 0 Å². The Kier molecular flexibility index (Phi) is 4.26. The maximum Gasteiger partial charge on any atom is 0.119 e. The largest absolute Gasteiger partial charge is 0.497 e. The highest BCUT2D eigenvalue weighted by atomic mass is 16.5. The van der Waals surface area contributed by atoms with E-state index in [1.54, 1.807) is 14.2 Å². The molecular formula is C24H22O2. The van der Waals surface area contributed by atoms with Crippen molar-refractivity contribution in [1.82, 2.24) is 0 Å². The maximum atomic E-state index is 5.54. The van der Waals surface area contributed by atoms with Crippen molar-refractivity contribution in [3.05, 3.63) is 94.5 Å². The Balaban J connectivity index is 1.94. The SMILES string of the molecule is COc1ccc(C2=C(c3ccccc3)c3cc(OC)cc(C)c3C2)cc1. The minimum Gasteiger partial charge on any atom is -0.497 e. The van der Waals surface area contributed by atoms with E-state index in [1.165, 1.54) is 39.0 Å². The lowest BCUT2D eigenvalue weighted by Crippen LogP contribution is -1.93. The second-order valence-corrected chi connectivity index (χ2v) is 6.60. The fraction of sp³-hybridized carbons (Fsp3) is 0.167. The molecule has 0 saturated carbocycles. The topological polar surface area (TPSA) is 18.5 Å². The van der Waals surface area contributed by atoms with Crippen molar-refractivity contribution in [2.45, 2.75) is 13.3 Å². The third-order valence-electron chi connectivity index (χ3n) is 5.11. The van der Waals surface area contributed by atoms with Crippen LogP contribution in [0.5, 0.6) is 11.5 Å². The summed E-state index contributed by atoms with van der Waals surface area (Å²) in [4.78, 5) is 0. The summed E-state index contributed by atoms with van der Waals surface area (Å²) < 4.78 is 10.9. The zero-order valence-corrected chi connectivity index (χ0v) is 15.4. The molecule has 0 N–H and O–H groups in total. The molecule has 0 unspecified atom stereocenters. The zero-order valence-electron chi connectivity index (χ0n) is 15.4. The molecule has 0 fully saturated rings. The minimum atomic E-state index is 0.879. The number of aryl methyl sites for hydroxylation is 1. The van der Waals surface area contributed by atoms with Crippen LogP contribution in [-0.4, -0.2) is 14.2 Å². The second-order valence-electron chi connectivity index (χ2n) is 6.60. The first-order valence-corrected chi connectivity index (χ1v) is 8.82. The van der Waals surface area contributed by atoms with Crippen LogP contribution in [0.25, 0.3) is 11.1 Å². The van der Waals surface area contributed by atoms with Gasteiger partial charge < -0.3 is 9.47 Å². The maximum absolute atomic E-state index is 5.54. The van der Waals surface area contributed by atoms with Crippen LogP contribution in [0.4, 0.5) is 0 Å². The summed E-state index contributed by atoms with van der Waals surface area (Å²) in [6.07, 6.45) is 0.932. The summed E-state index contributed by atoms with van der Waals surface area (Å²) >= 11 is 0. The average molecular weight is 342 g/mol. The van der Waals surface area contributed by atoms with Gasteiger partial charge in [0.25, 0.3) is 0 Å². The van der Waals surface area contributed by atoms with E-state index in [9.17, 15) is 0 Å². The Bertz CT molecular complexity index is 967. The Morgan fingerprint density at radius 1 is 0.731 bits per heavy atom. The van der Waals surface area contributed by atoms with E-state index in [2.05, 4.69) is 61.5 Å². The van der Waals surface area contributed by atoms with Gasteiger partial charge in [0.2, 0.25) is 0 Å². The monoisotopic (exact) mass is 342 g/mol. The highest BCUT2D eigenvalue weighted by Gasteiger charge is 2.26. The molecule has 0 saturated heterocycles. The number of benzene rings is 3. The number of rotatable bonds is 4. The van der Waals surface area contributed by atoms with E-state index >= 15 is 0 Å². The molecule has 1 aliphatic rings. The van der Waals surface area contributed by atoms with Crippen molar-refractivity contribution in [2.75, 3.05) is 14.2 Å². The lowest BCUT2D eigenvalue weighted by atomic mass is 9.94. The molecule has 0 heterocycles. The predicted octanol–water partition coefficient (Wildman–Crippen LogP) is 5.53. The van der Waals surface area contributed by atoms with Crippen LogP contribution in [0.15, 0.2) is 66.7 Å². The summed E-state index contributed by atoms with van der Waals surface area (Å²) in [6.45, 7) is 2.17. The molecule has 0 spiro atoms. The molecule has 4 rings (SSSR count). The van der Waals surface area contributed by atoms with Crippen LogP contribution < -0.4 is 9.47 Å². The number of allylic oxidation sites excluding steroid dienone is 1. The molecule has 0 atom stereocenters. The van der Waals surface area contributed by atoms with E-state index in [0.717, 1.165) is 17.9 Å². The summed E-state index contributed by atoms with van der Waals surface area (Å²) in [5.74, 6) is 1.79. The average Bonchev–Trinajstić information content (AvgIpc) is 3.08. The van der Waals surface area contributed by atoms with Gasteiger partial charge in [0.05, 0.1) is 14.2 Å². The lowest BCUT2D eigenvalue weighted by molar-refractivity contribution is 0.414. The molecule has 0 aromatic heterocycles. The molecule has 0 radical (unpaired) electrons. The molecule has 0 aliphatic heterocycles. The third kappa shape index (κ3) is 2.78. The second kappa shape index (κ2) is 6.72. The lowest BCUT2D eigenvalue weighted by Gasteiger charge is -2.12. The highest BCUT2D eigenvalue weighted by molar-refractivity contribution is 6.04. The first kappa shape index (κ1) is 16.5. The smallest absolute Gasteiger partial charge is 0.119 e. The molecule has 2 nitrogen and oxygen atoms in total. The van der Waals surface area contributed by atoms with Crippen LogP contribution in [0.2, 0.25) is 0 Å². The Morgan fingerprint density at radius 2 is 1.42 bits per heavy atom. The van der Waals surface area contributed by atoms with E-state index in [-0.39, 0.29) is 0 Å². The fourth-order valence-electron chi connectivity index (χ4n) is 3.76. The number of hydrogen-bond acceptors (Lipinski definition) is 2. The van der Waals surface area contributed by atoms with Gasteiger partial charge in [-0.3, -0.25) is 0 Å². The Morgan fingerprint density at radius 3 is 2.08 bits per heavy atom. The number of hydrogen-bond donors (Lipinski definition) is 0. The van der Waals surface area contributed by atoms with Gasteiger partial charge in [-0.05, 0) is 76.6 Å². The first-order valence-electron chi connectivity index (χ1n) is 8.82. The van der Waals surface area contributed by atoms with Gasteiger partial charge in [-0.2, -0.15) is 0 Å². The number of methoxy groups -OCH3 is 2. The van der Waals surface area contributed by atoms with Crippen molar-refractivity contribution >= 4 is 11.1 Å². The summed E-state index contributed by atoms with van der Waals surface area (Å²) in [5, 5.41) is 0. The summed E-state index contributed by atoms with van der Waals surface area (Å²) in [5.41, 5.74) is 9.06. The molecule has 3 aromatic carbocycles. The number of ether oxygens (including phenoxy) is 2. The standard InChI is InChI=1S/C24H22O2/c1-16-13-20(26-3)14-23-21(16)15-22(17-9-11-19(25-2)12-10-17)24(23)18-7-5-4-6-8-18/h4-14H,15H2,1-3H3. The van der Waals surface area contributed by atoms with Crippen LogP contribution in [0, 0.1) is 6.92 Å². The van der Waals surface area contributed by atoms with E-state index in [4.69, 9.17) is 9.47 Å². The normalized spacial score (nSPS) is 12.9. The van der Waals surface area contributed by atoms with Crippen molar-refractivity contribution in [1.29, 1.82) is 0 Å². The van der Waals surface area contributed by atoms with Gasteiger partial charge in [0.15, 0.2) is 0 Å². The third-order valence-corrected chi connectivity index (χ3v) is 5.11. The predicted molar refractivity (Wildman–Crippen MR) is 107 cm³/mol. The summed E-state index contributed by atoms with van der Waals surface area (Å²) in [6, 6.07) is 23.3. The fourth-order valence-corrected chi connectivity index (χ4v) is 3.76. The minimum absolute atomic E-state index is 0.879. The molecule has 26 heavy (non-hydrogen) atoms. The highest BCUT2D eigenvalue weighted by Crippen LogP contribution is 2.44. The van der Waals surface area contributed by atoms with Gasteiger partial charge in [0.1, 0.15) is 11.5 Å². The van der Waals surface area contributed by atoms with Crippen LogP contribution in [0.3, 0.4) is 0 Å². The van der Waals surface area contributed by atoms with Crippen molar-refractivity contribution in [3.8, 4) is 11.5 Å². The molecule has 0 amide bonds. The quantitative estimate of drug-likeness (QED) is 0.621. The van der Waals surface area contributed by atoms with Gasteiger partial charge in [-0.1, -0.05) is 42.5 Å².